The van der Waals surface area contributed by atoms with Crippen LogP contribution in [0.2, 0.25) is 0 Å². The lowest BCUT2D eigenvalue weighted by molar-refractivity contribution is -0.126. The first-order valence-corrected chi connectivity index (χ1v) is 14.1. The van der Waals surface area contributed by atoms with Crippen LogP contribution in [-0.2, 0) is 19.6 Å². The molecule has 0 unspecified atom stereocenters. The molecule has 0 atom stereocenters. The van der Waals surface area contributed by atoms with Gasteiger partial charge in [0.15, 0.2) is 0 Å². The number of nitrogens with zero attached hydrogens (tertiary/aromatic N) is 2. The van der Waals surface area contributed by atoms with Crippen molar-refractivity contribution in [1.29, 1.82) is 0 Å². The lowest BCUT2D eigenvalue weighted by Gasteiger charge is -2.43. The number of hydrogen-bond donors (Lipinski definition) is 1. The number of carbonyl (C=O) groups excluding carboxylic acids is 2. The number of amides is 2. The van der Waals surface area contributed by atoms with Gasteiger partial charge in [-0.3, -0.25) is 4.79 Å². The molecule has 1 fully saturated rings. The summed E-state index contributed by atoms with van der Waals surface area (Å²) < 4.78 is 33.5. The zero-order valence-electron chi connectivity index (χ0n) is 22.7. The van der Waals surface area contributed by atoms with E-state index in [1.165, 1.54) is 4.31 Å². The Morgan fingerprint density at radius 2 is 1.59 bits per heavy atom. The largest absolute Gasteiger partial charge is 0.444 e. The molecule has 2 aromatic rings. The van der Waals surface area contributed by atoms with E-state index in [-0.39, 0.29) is 42.7 Å². The van der Waals surface area contributed by atoms with Crippen LogP contribution < -0.4 is 10.2 Å². The summed E-state index contributed by atoms with van der Waals surface area (Å²) >= 11 is 0. The van der Waals surface area contributed by atoms with Crippen molar-refractivity contribution < 1.29 is 22.7 Å². The summed E-state index contributed by atoms with van der Waals surface area (Å²) in [5.41, 5.74) is -0.371. The fourth-order valence-corrected chi connectivity index (χ4v) is 5.84. The Morgan fingerprint density at radius 1 is 1.03 bits per heavy atom. The monoisotopic (exact) mass is 529 g/mol. The maximum atomic E-state index is 14.2. The van der Waals surface area contributed by atoms with E-state index in [0.717, 1.165) is 11.3 Å². The number of rotatable bonds is 7. The van der Waals surface area contributed by atoms with Gasteiger partial charge in [-0.05, 0) is 70.7 Å². The SMILES string of the molecule is Cc1ccc(S(=O)(=O)N2CCC(NC(=O)OC(C)(C)C)(C(=O)N(CC(C)C)c3ccccc3)CC2)cc1. The Kier molecular flexibility index (Phi) is 8.70. The number of anilines is 1. The summed E-state index contributed by atoms with van der Waals surface area (Å²) in [6, 6.07) is 16.0. The quantitative estimate of drug-likeness (QED) is 0.559. The molecule has 0 bridgehead atoms. The third kappa shape index (κ3) is 7.11. The predicted molar refractivity (Wildman–Crippen MR) is 145 cm³/mol. The summed E-state index contributed by atoms with van der Waals surface area (Å²) in [4.78, 5) is 29.0. The van der Waals surface area contributed by atoms with Crippen LogP contribution in [0.4, 0.5) is 10.5 Å². The van der Waals surface area contributed by atoms with E-state index in [1.54, 1.807) is 49.9 Å². The van der Waals surface area contributed by atoms with Crippen molar-refractivity contribution in [2.75, 3.05) is 24.5 Å². The normalized spacial score (nSPS) is 16.3. The van der Waals surface area contributed by atoms with Crippen molar-refractivity contribution >= 4 is 27.7 Å². The van der Waals surface area contributed by atoms with E-state index in [9.17, 15) is 18.0 Å². The number of carbonyl (C=O) groups is 2. The first-order valence-electron chi connectivity index (χ1n) is 12.7. The molecule has 1 aliphatic heterocycles. The molecule has 0 aromatic heterocycles. The van der Waals surface area contributed by atoms with Gasteiger partial charge in [0.25, 0.3) is 5.91 Å². The van der Waals surface area contributed by atoms with Crippen LogP contribution in [0.1, 0.15) is 53.0 Å². The van der Waals surface area contributed by atoms with Crippen molar-refractivity contribution in [1.82, 2.24) is 9.62 Å². The van der Waals surface area contributed by atoms with Gasteiger partial charge in [0.05, 0.1) is 4.90 Å². The molecule has 0 saturated carbocycles. The topological polar surface area (TPSA) is 96.0 Å². The van der Waals surface area contributed by atoms with Gasteiger partial charge in [-0.2, -0.15) is 4.31 Å². The van der Waals surface area contributed by atoms with E-state index in [4.69, 9.17) is 4.74 Å². The fraction of sp³-hybridized carbons (Fsp3) is 0.500. The third-order valence-corrected chi connectivity index (χ3v) is 8.16. The minimum Gasteiger partial charge on any atom is -0.444 e. The molecule has 1 aliphatic rings. The van der Waals surface area contributed by atoms with Crippen LogP contribution in [-0.4, -0.2) is 55.5 Å². The minimum atomic E-state index is -3.74. The zero-order chi connectivity index (χ0) is 27.4. The Morgan fingerprint density at radius 3 is 2.11 bits per heavy atom. The maximum absolute atomic E-state index is 14.2. The Hall–Kier alpha value is -2.91. The summed E-state index contributed by atoms with van der Waals surface area (Å²) in [5.74, 6) is -0.102. The molecular weight excluding hydrogens is 490 g/mol. The van der Waals surface area contributed by atoms with Crippen molar-refractivity contribution in [3.8, 4) is 0 Å². The van der Waals surface area contributed by atoms with Crippen LogP contribution in [0.5, 0.6) is 0 Å². The fourth-order valence-electron chi connectivity index (χ4n) is 4.40. The number of alkyl carbamates (subject to hydrolysis) is 1. The number of ether oxygens (including phenoxy) is 1. The summed E-state index contributed by atoms with van der Waals surface area (Å²) in [5, 5.41) is 2.86. The van der Waals surface area contributed by atoms with Crippen LogP contribution >= 0.6 is 0 Å². The number of nitrogens with one attached hydrogen (secondary N) is 1. The molecule has 0 aliphatic carbocycles. The molecule has 202 valence electrons. The smallest absolute Gasteiger partial charge is 0.408 e. The molecular formula is C28H39N3O5S. The lowest BCUT2D eigenvalue weighted by atomic mass is 9.86. The molecule has 0 radical (unpaired) electrons. The van der Waals surface area contributed by atoms with E-state index >= 15 is 0 Å². The number of hydrogen-bond acceptors (Lipinski definition) is 5. The van der Waals surface area contributed by atoms with Gasteiger partial charge < -0.3 is 15.0 Å². The van der Waals surface area contributed by atoms with E-state index in [1.807, 2.05) is 51.1 Å². The van der Waals surface area contributed by atoms with Gasteiger partial charge in [-0.25, -0.2) is 13.2 Å². The molecule has 1 saturated heterocycles. The molecule has 1 N–H and O–H groups in total. The van der Waals surface area contributed by atoms with Crippen LogP contribution in [0.25, 0.3) is 0 Å². The molecule has 0 spiro atoms. The molecule has 2 amide bonds. The standard InChI is InChI=1S/C28H39N3O5S/c1-21(2)20-31(23-10-8-7-9-11-23)25(32)28(29-26(33)36-27(4,5)6)16-18-30(19-17-28)37(34,35)24-14-12-22(3)13-15-24/h7-15,21H,16-20H2,1-6H3,(H,29,33). The van der Waals surface area contributed by atoms with Crippen LogP contribution in [0.3, 0.4) is 0 Å². The van der Waals surface area contributed by atoms with Gasteiger partial charge in [0, 0.05) is 25.3 Å². The van der Waals surface area contributed by atoms with Gasteiger partial charge in [-0.1, -0.05) is 49.7 Å². The summed E-state index contributed by atoms with van der Waals surface area (Å²) in [6.07, 6.45) is -0.455. The first-order chi connectivity index (χ1) is 17.2. The van der Waals surface area contributed by atoms with Crippen molar-refractivity contribution in [2.45, 2.75) is 70.4 Å². The third-order valence-electron chi connectivity index (χ3n) is 6.25. The highest BCUT2D eigenvalue weighted by Gasteiger charge is 2.48. The van der Waals surface area contributed by atoms with Crippen LogP contribution in [0.15, 0.2) is 59.5 Å². The van der Waals surface area contributed by atoms with Crippen molar-refractivity contribution in [3.63, 3.8) is 0 Å². The highest BCUT2D eigenvalue weighted by atomic mass is 32.2. The zero-order valence-corrected chi connectivity index (χ0v) is 23.5. The number of piperidine rings is 1. The molecule has 8 nitrogen and oxygen atoms in total. The second-order valence-corrected chi connectivity index (χ2v) is 13.0. The van der Waals surface area contributed by atoms with Crippen molar-refractivity contribution in [2.24, 2.45) is 5.92 Å². The molecule has 37 heavy (non-hydrogen) atoms. The molecule has 3 rings (SSSR count). The highest BCUT2D eigenvalue weighted by Crippen LogP contribution is 2.31. The minimum absolute atomic E-state index is 0.0854. The first kappa shape index (κ1) is 28.7. The maximum Gasteiger partial charge on any atom is 0.408 e. The van der Waals surface area contributed by atoms with E-state index < -0.39 is 27.3 Å². The Bertz CT molecular complexity index is 1180. The second kappa shape index (κ2) is 11.2. The lowest BCUT2D eigenvalue weighted by Crippen LogP contribution is -2.65. The molecule has 1 heterocycles. The van der Waals surface area contributed by atoms with Gasteiger partial charge in [0.1, 0.15) is 11.1 Å². The number of sulfonamides is 1. The highest BCUT2D eigenvalue weighted by molar-refractivity contribution is 7.89. The molecule has 9 heteroatoms. The van der Waals surface area contributed by atoms with Gasteiger partial charge >= 0.3 is 6.09 Å². The van der Waals surface area contributed by atoms with Crippen molar-refractivity contribution in [3.05, 3.63) is 60.2 Å². The average molecular weight is 530 g/mol. The van der Waals surface area contributed by atoms with Gasteiger partial charge in [0.2, 0.25) is 10.0 Å². The average Bonchev–Trinajstić information content (AvgIpc) is 2.82. The van der Waals surface area contributed by atoms with Crippen LogP contribution in [0, 0.1) is 12.8 Å². The second-order valence-electron chi connectivity index (χ2n) is 11.1. The predicted octanol–water partition coefficient (Wildman–Crippen LogP) is 4.73. The molecule has 2 aromatic carbocycles. The Balaban J connectivity index is 1.93. The van der Waals surface area contributed by atoms with E-state index in [2.05, 4.69) is 5.32 Å². The summed E-state index contributed by atoms with van der Waals surface area (Å²) in [6.45, 7) is 11.8. The number of benzene rings is 2. The number of para-hydroxylation sites is 1. The van der Waals surface area contributed by atoms with E-state index in [0.29, 0.717) is 6.54 Å². The number of aryl methyl sites for hydroxylation is 1. The Labute approximate surface area is 221 Å². The summed E-state index contributed by atoms with van der Waals surface area (Å²) in [7, 11) is -3.74. The van der Waals surface area contributed by atoms with Gasteiger partial charge in [-0.15, -0.1) is 0 Å².